The first kappa shape index (κ1) is 13.2. The molecule has 0 aliphatic rings. The summed E-state index contributed by atoms with van der Waals surface area (Å²) in [4.78, 5) is 11.6. The van der Waals surface area contributed by atoms with Gasteiger partial charge >= 0.3 is 0 Å². The van der Waals surface area contributed by atoms with Crippen molar-refractivity contribution in [3.8, 4) is 6.07 Å². The second-order valence-electron chi connectivity index (χ2n) is 3.28. The predicted octanol–water partition coefficient (Wildman–Crippen LogP) is 0.297. The minimum absolute atomic E-state index is 0.0242. The van der Waals surface area contributed by atoms with Gasteiger partial charge in [-0.3, -0.25) is 4.79 Å². The van der Waals surface area contributed by atoms with Crippen molar-refractivity contribution in [2.45, 2.75) is 0 Å². The Kier molecular flexibility index (Phi) is 5.72. The van der Waals surface area contributed by atoms with Crippen LogP contribution in [0.2, 0.25) is 0 Å². The van der Waals surface area contributed by atoms with Crippen LogP contribution in [-0.2, 0) is 4.74 Å². The maximum Gasteiger partial charge on any atom is 0.251 e. The molecular formula is C12H14N2O3. The van der Waals surface area contributed by atoms with Crippen LogP contribution in [0.25, 0.3) is 0 Å². The number of nitriles is 1. The van der Waals surface area contributed by atoms with E-state index in [9.17, 15) is 4.79 Å². The first-order chi connectivity index (χ1) is 8.27. The highest BCUT2D eigenvalue weighted by atomic mass is 16.5. The summed E-state index contributed by atoms with van der Waals surface area (Å²) < 4.78 is 5.00. The molecule has 0 aliphatic heterocycles. The van der Waals surface area contributed by atoms with Crippen molar-refractivity contribution in [3.63, 3.8) is 0 Å². The third-order valence-corrected chi connectivity index (χ3v) is 2.04. The SMILES string of the molecule is N#Cc1ccc(C(=O)NCCOCCO)cc1. The summed E-state index contributed by atoms with van der Waals surface area (Å²) in [7, 11) is 0. The second kappa shape index (κ2) is 7.39. The quantitative estimate of drug-likeness (QED) is 0.693. The van der Waals surface area contributed by atoms with Gasteiger partial charge in [0.25, 0.3) is 5.91 Å². The lowest BCUT2D eigenvalue weighted by Crippen LogP contribution is -2.27. The Morgan fingerprint density at radius 2 is 2.06 bits per heavy atom. The third kappa shape index (κ3) is 4.64. The zero-order valence-corrected chi connectivity index (χ0v) is 9.35. The summed E-state index contributed by atoms with van der Waals surface area (Å²) in [6.45, 7) is 0.998. The van der Waals surface area contributed by atoms with Crippen molar-refractivity contribution in [3.05, 3.63) is 35.4 Å². The molecule has 5 heteroatoms. The molecule has 1 aromatic rings. The minimum Gasteiger partial charge on any atom is -0.394 e. The summed E-state index contributed by atoms with van der Waals surface area (Å²) in [6, 6.07) is 8.37. The Morgan fingerprint density at radius 3 is 2.65 bits per heavy atom. The van der Waals surface area contributed by atoms with Crippen LogP contribution in [0.15, 0.2) is 24.3 Å². The molecule has 0 radical (unpaired) electrons. The molecule has 0 saturated heterocycles. The van der Waals surface area contributed by atoms with E-state index in [-0.39, 0.29) is 19.1 Å². The fourth-order valence-electron chi connectivity index (χ4n) is 1.20. The molecule has 2 N–H and O–H groups in total. The largest absolute Gasteiger partial charge is 0.394 e. The number of ether oxygens (including phenoxy) is 1. The molecule has 0 aliphatic carbocycles. The smallest absolute Gasteiger partial charge is 0.251 e. The lowest BCUT2D eigenvalue weighted by Gasteiger charge is -2.05. The van der Waals surface area contributed by atoms with Gasteiger partial charge in [0.05, 0.1) is 31.5 Å². The Balaban J connectivity index is 2.34. The van der Waals surface area contributed by atoms with Crippen molar-refractivity contribution >= 4 is 5.91 Å². The normalized spacial score (nSPS) is 9.65. The lowest BCUT2D eigenvalue weighted by atomic mass is 10.1. The van der Waals surface area contributed by atoms with Crippen LogP contribution in [0.5, 0.6) is 0 Å². The molecule has 5 nitrogen and oxygen atoms in total. The van der Waals surface area contributed by atoms with Crippen molar-refractivity contribution in [2.75, 3.05) is 26.4 Å². The number of carbonyl (C=O) groups excluding carboxylic acids is 1. The summed E-state index contributed by atoms with van der Waals surface area (Å²) in [5.74, 6) is -0.206. The molecule has 0 fully saturated rings. The number of hydrogen-bond acceptors (Lipinski definition) is 4. The summed E-state index contributed by atoms with van der Waals surface area (Å²) in [5.41, 5.74) is 1.03. The van der Waals surface area contributed by atoms with E-state index < -0.39 is 0 Å². The number of nitrogens with zero attached hydrogens (tertiary/aromatic N) is 1. The average molecular weight is 234 g/mol. The zero-order chi connectivity index (χ0) is 12.5. The molecule has 1 aromatic carbocycles. The van der Waals surface area contributed by atoms with Gasteiger partial charge in [-0.15, -0.1) is 0 Å². The van der Waals surface area contributed by atoms with Crippen LogP contribution < -0.4 is 5.32 Å². The van der Waals surface area contributed by atoms with E-state index in [1.54, 1.807) is 24.3 Å². The second-order valence-corrected chi connectivity index (χ2v) is 3.28. The molecule has 17 heavy (non-hydrogen) atoms. The van der Waals surface area contributed by atoms with Gasteiger partial charge in [0.2, 0.25) is 0 Å². The lowest BCUT2D eigenvalue weighted by molar-refractivity contribution is 0.0838. The maximum atomic E-state index is 11.6. The standard InChI is InChI=1S/C12H14N2O3/c13-9-10-1-3-11(4-2-10)12(16)14-5-7-17-8-6-15/h1-4,15H,5-8H2,(H,14,16). The Hall–Kier alpha value is -1.90. The monoisotopic (exact) mass is 234 g/mol. The van der Waals surface area contributed by atoms with Gasteiger partial charge in [0.1, 0.15) is 0 Å². The summed E-state index contributed by atoms with van der Waals surface area (Å²) >= 11 is 0. The van der Waals surface area contributed by atoms with Crippen molar-refractivity contribution in [1.82, 2.24) is 5.32 Å². The van der Waals surface area contributed by atoms with E-state index in [1.807, 2.05) is 6.07 Å². The van der Waals surface area contributed by atoms with E-state index in [1.165, 1.54) is 0 Å². The molecule has 1 amide bonds. The van der Waals surface area contributed by atoms with E-state index in [2.05, 4.69) is 5.32 Å². The number of hydrogen-bond donors (Lipinski definition) is 2. The van der Waals surface area contributed by atoms with Gasteiger partial charge in [0.15, 0.2) is 0 Å². The number of aliphatic hydroxyl groups is 1. The molecule has 0 saturated carbocycles. The molecular weight excluding hydrogens is 220 g/mol. The molecule has 90 valence electrons. The first-order valence-corrected chi connectivity index (χ1v) is 5.25. The minimum atomic E-state index is -0.206. The van der Waals surface area contributed by atoms with Gasteiger partial charge in [-0.05, 0) is 24.3 Å². The highest BCUT2D eigenvalue weighted by Crippen LogP contribution is 2.02. The highest BCUT2D eigenvalue weighted by Gasteiger charge is 2.03. The Labute approximate surface area is 99.6 Å². The van der Waals surface area contributed by atoms with Crippen molar-refractivity contribution in [1.29, 1.82) is 5.26 Å². The van der Waals surface area contributed by atoms with E-state index in [4.69, 9.17) is 15.1 Å². The van der Waals surface area contributed by atoms with Gasteiger partial charge in [-0.2, -0.15) is 5.26 Å². The molecule has 0 unspecified atom stereocenters. The Bertz CT molecular complexity index is 395. The molecule has 0 spiro atoms. The van der Waals surface area contributed by atoms with Gasteiger partial charge in [0, 0.05) is 12.1 Å². The number of rotatable bonds is 6. The van der Waals surface area contributed by atoms with Gasteiger partial charge in [-0.1, -0.05) is 0 Å². The number of benzene rings is 1. The van der Waals surface area contributed by atoms with Crippen molar-refractivity contribution < 1.29 is 14.6 Å². The molecule has 0 atom stereocenters. The average Bonchev–Trinajstić information content (AvgIpc) is 2.38. The van der Waals surface area contributed by atoms with E-state index in [0.717, 1.165) is 0 Å². The summed E-state index contributed by atoms with van der Waals surface area (Å²) in [5, 5.41) is 19.7. The first-order valence-electron chi connectivity index (χ1n) is 5.25. The van der Waals surface area contributed by atoms with Crippen molar-refractivity contribution in [2.24, 2.45) is 0 Å². The van der Waals surface area contributed by atoms with Crippen LogP contribution in [0.1, 0.15) is 15.9 Å². The van der Waals surface area contributed by atoms with Crippen LogP contribution >= 0.6 is 0 Å². The van der Waals surface area contributed by atoms with E-state index in [0.29, 0.717) is 24.3 Å². The molecule has 0 aromatic heterocycles. The number of nitrogens with one attached hydrogen (secondary N) is 1. The molecule has 1 rings (SSSR count). The van der Waals surface area contributed by atoms with Crippen LogP contribution in [0.3, 0.4) is 0 Å². The predicted molar refractivity (Wildman–Crippen MR) is 61.4 cm³/mol. The zero-order valence-electron chi connectivity index (χ0n) is 9.35. The Morgan fingerprint density at radius 1 is 1.35 bits per heavy atom. The van der Waals surface area contributed by atoms with Crippen LogP contribution in [-0.4, -0.2) is 37.4 Å². The third-order valence-electron chi connectivity index (χ3n) is 2.04. The van der Waals surface area contributed by atoms with E-state index >= 15 is 0 Å². The fourth-order valence-corrected chi connectivity index (χ4v) is 1.20. The number of aliphatic hydroxyl groups excluding tert-OH is 1. The highest BCUT2D eigenvalue weighted by molar-refractivity contribution is 5.94. The van der Waals surface area contributed by atoms with Gasteiger partial charge < -0.3 is 15.2 Å². The van der Waals surface area contributed by atoms with Crippen LogP contribution in [0.4, 0.5) is 0 Å². The fraction of sp³-hybridized carbons (Fsp3) is 0.333. The van der Waals surface area contributed by atoms with Crippen LogP contribution in [0, 0.1) is 11.3 Å². The van der Waals surface area contributed by atoms with Gasteiger partial charge in [-0.25, -0.2) is 0 Å². The summed E-state index contributed by atoms with van der Waals surface area (Å²) in [6.07, 6.45) is 0. The topological polar surface area (TPSA) is 82.4 Å². The number of amides is 1. The maximum absolute atomic E-state index is 11.6. The molecule has 0 heterocycles. The number of carbonyl (C=O) groups is 1. The molecule has 0 bridgehead atoms.